The lowest BCUT2D eigenvalue weighted by molar-refractivity contribution is -0.921. The summed E-state index contributed by atoms with van der Waals surface area (Å²) in [5.74, 6) is -0.0437. The maximum absolute atomic E-state index is 11.6. The monoisotopic (exact) mass is 230 g/mol. The standard InChI is InChI=1S/C13H28NO2/c1-5-9-14(10-6-2,11-7-3)12-13(15)16-8-4/h5-12H2,1-4H3/q+1. The second-order valence-electron chi connectivity index (χ2n) is 4.48. The molecule has 0 saturated carbocycles. The van der Waals surface area contributed by atoms with Crippen molar-refractivity contribution in [3.05, 3.63) is 0 Å². The van der Waals surface area contributed by atoms with Crippen LogP contribution in [0, 0.1) is 0 Å². The van der Waals surface area contributed by atoms with Crippen molar-refractivity contribution in [3.8, 4) is 0 Å². The van der Waals surface area contributed by atoms with Crippen molar-refractivity contribution in [1.29, 1.82) is 0 Å². The number of hydrogen-bond donors (Lipinski definition) is 0. The number of nitrogens with zero attached hydrogens (tertiary/aromatic N) is 1. The first-order chi connectivity index (χ1) is 7.64. The molecule has 3 nitrogen and oxygen atoms in total. The molecule has 0 atom stereocenters. The first-order valence-corrected chi connectivity index (χ1v) is 6.64. The van der Waals surface area contributed by atoms with E-state index in [-0.39, 0.29) is 5.97 Å². The van der Waals surface area contributed by atoms with Crippen molar-refractivity contribution in [2.75, 3.05) is 32.8 Å². The molecule has 0 radical (unpaired) electrons. The summed E-state index contributed by atoms with van der Waals surface area (Å²) in [4.78, 5) is 11.6. The van der Waals surface area contributed by atoms with Gasteiger partial charge in [0.05, 0.1) is 26.2 Å². The van der Waals surface area contributed by atoms with E-state index in [9.17, 15) is 4.79 Å². The van der Waals surface area contributed by atoms with Crippen LogP contribution in [0.2, 0.25) is 0 Å². The average molecular weight is 230 g/mol. The van der Waals surface area contributed by atoms with Crippen molar-refractivity contribution < 1.29 is 14.0 Å². The summed E-state index contributed by atoms with van der Waals surface area (Å²) < 4.78 is 5.99. The van der Waals surface area contributed by atoms with Gasteiger partial charge in [-0.25, -0.2) is 4.79 Å². The zero-order chi connectivity index (χ0) is 12.4. The molecule has 96 valence electrons. The predicted octanol–water partition coefficient (Wildman–Crippen LogP) is 2.60. The van der Waals surface area contributed by atoms with Gasteiger partial charge in [-0.15, -0.1) is 0 Å². The van der Waals surface area contributed by atoms with E-state index in [0.29, 0.717) is 13.2 Å². The zero-order valence-corrected chi connectivity index (χ0v) is 11.4. The third kappa shape index (κ3) is 5.50. The highest BCUT2D eigenvalue weighted by atomic mass is 16.5. The number of carbonyl (C=O) groups excluding carboxylic acids is 1. The van der Waals surface area contributed by atoms with Gasteiger partial charge in [0.15, 0.2) is 6.54 Å². The van der Waals surface area contributed by atoms with Crippen molar-refractivity contribution in [1.82, 2.24) is 0 Å². The third-order valence-electron chi connectivity index (χ3n) is 2.86. The van der Waals surface area contributed by atoms with Crippen molar-refractivity contribution >= 4 is 5.97 Å². The van der Waals surface area contributed by atoms with Gasteiger partial charge in [0.25, 0.3) is 0 Å². The van der Waals surface area contributed by atoms with Gasteiger partial charge in [-0.3, -0.25) is 0 Å². The summed E-state index contributed by atoms with van der Waals surface area (Å²) in [5, 5.41) is 0. The molecule has 0 amide bonds. The average Bonchev–Trinajstić information content (AvgIpc) is 2.18. The fourth-order valence-corrected chi connectivity index (χ4v) is 2.48. The molecule has 0 spiro atoms. The van der Waals surface area contributed by atoms with E-state index in [4.69, 9.17) is 4.74 Å². The predicted molar refractivity (Wildman–Crippen MR) is 67.2 cm³/mol. The number of rotatable bonds is 9. The Morgan fingerprint density at radius 1 is 0.938 bits per heavy atom. The second-order valence-corrected chi connectivity index (χ2v) is 4.48. The summed E-state index contributed by atoms with van der Waals surface area (Å²) in [6, 6.07) is 0. The van der Waals surface area contributed by atoms with Gasteiger partial charge in [-0.1, -0.05) is 20.8 Å². The van der Waals surface area contributed by atoms with Crippen molar-refractivity contribution in [2.45, 2.75) is 47.0 Å². The molecule has 0 heterocycles. The molecule has 0 aliphatic carbocycles. The summed E-state index contributed by atoms with van der Waals surface area (Å²) in [5.41, 5.74) is 0. The SMILES string of the molecule is CCC[N+](CCC)(CCC)CC(=O)OCC. The summed E-state index contributed by atoms with van der Waals surface area (Å²) in [6.07, 6.45) is 3.37. The highest BCUT2D eigenvalue weighted by Gasteiger charge is 2.28. The minimum Gasteiger partial charge on any atom is -0.462 e. The van der Waals surface area contributed by atoms with E-state index in [1.165, 1.54) is 0 Å². The smallest absolute Gasteiger partial charge is 0.361 e. The van der Waals surface area contributed by atoms with Crippen LogP contribution in [0.3, 0.4) is 0 Å². The number of ether oxygens (including phenoxy) is 1. The highest BCUT2D eigenvalue weighted by molar-refractivity contribution is 5.70. The molecule has 3 heteroatoms. The van der Waals surface area contributed by atoms with Gasteiger partial charge < -0.3 is 9.22 Å². The molecule has 0 aliphatic rings. The Balaban J connectivity index is 4.51. The van der Waals surface area contributed by atoms with Gasteiger partial charge in [0.1, 0.15) is 0 Å². The quantitative estimate of drug-likeness (QED) is 0.449. The van der Waals surface area contributed by atoms with Crippen LogP contribution >= 0.6 is 0 Å². The molecular weight excluding hydrogens is 202 g/mol. The summed E-state index contributed by atoms with van der Waals surface area (Å²) in [6.45, 7) is 12.7. The van der Waals surface area contributed by atoms with E-state index in [1.807, 2.05) is 6.92 Å². The molecule has 0 saturated heterocycles. The molecule has 0 aromatic carbocycles. The minimum absolute atomic E-state index is 0.0437. The van der Waals surface area contributed by atoms with Crippen LogP contribution in [-0.2, 0) is 9.53 Å². The molecule has 0 N–H and O–H groups in total. The topological polar surface area (TPSA) is 26.3 Å². The first-order valence-electron chi connectivity index (χ1n) is 6.64. The Morgan fingerprint density at radius 2 is 1.38 bits per heavy atom. The van der Waals surface area contributed by atoms with Crippen LogP contribution in [0.4, 0.5) is 0 Å². The van der Waals surface area contributed by atoms with Gasteiger partial charge in [-0.05, 0) is 26.2 Å². The van der Waals surface area contributed by atoms with Gasteiger partial charge in [0.2, 0.25) is 0 Å². The highest BCUT2D eigenvalue weighted by Crippen LogP contribution is 2.12. The molecule has 0 aliphatic heterocycles. The normalized spacial score (nSPS) is 11.5. The third-order valence-corrected chi connectivity index (χ3v) is 2.86. The fraction of sp³-hybridized carbons (Fsp3) is 0.923. The van der Waals surface area contributed by atoms with Crippen LogP contribution < -0.4 is 0 Å². The molecule has 0 rings (SSSR count). The van der Waals surface area contributed by atoms with Crippen LogP contribution in [0.15, 0.2) is 0 Å². The number of quaternary nitrogens is 1. The second kappa shape index (κ2) is 8.57. The lowest BCUT2D eigenvalue weighted by atomic mass is 10.2. The van der Waals surface area contributed by atoms with E-state index in [2.05, 4.69) is 20.8 Å². The molecular formula is C13H28NO2+. The maximum Gasteiger partial charge on any atom is 0.361 e. The largest absolute Gasteiger partial charge is 0.462 e. The summed E-state index contributed by atoms with van der Waals surface area (Å²) >= 11 is 0. The Labute approximate surface area is 100 Å². The molecule has 0 fully saturated rings. The zero-order valence-electron chi connectivity index (χ0n) is 11.4. The van der Waals surface area contributed by atoms with Gasteiger partial charge in [-0.2, -0.15) is 0 Å². The summed E-state index contributed by atoms with van der Waals surface area (Å²) in [7, 11) is 0. The van der Waals surface area contributed by atoms with Gasteiger partial charge in [0, 0.05) is 0 Å². The number of carbonyl (C=O) groups is 1. The molecule has 0 aromatic heterocycles. The van der Waals surface area contributed by atoms with Crippen LogP contribution in [0.5, 0.6) is 0 Å². The van der Waals surface area contributed by atoms with Crippen molar-refractivity contribution in [2.24, 2.45) is 0 Å². The van der Waals surface area contributed by atoms with Gasteiger partial charge >= 0.3 is 5.97 Å². The van der Waals surface area contributed by atoms with E-state index >= 15 is 0 Å². The van der Waals surface area contributed by atoms with Crippen LogP contribution in [0.25, 0.3) is 0 Å². The molecule has 16 heavy (non-hydrogen) atoms. The molecule has 0 unspecified atom stereocenters. The van der Waals surface area contributed by atoms with Crippen LogP contribution in [0.1, 0.15) is 47.0 Å². The number of hydrogen-bond acceptors (Lipinski definition) is 2. The van der Waals surface area contributed by atoms with E-state index in [0.717, 1.165) is 43.4 Å². The Bertz CT molecular complexity index is 175. The molecule has 0 bridgehead atoms. The minimum atomic E-state index is -0.0437. The lowest BCUT2D eigenvalue weighted by Crippen LogP contribution is -2.53. The Kier molecular flexibility index (Phi) is 8.26. The lowest BCUT2D eigenvalue weighted by Gasteiger charge is -2.37. The van der Waals surface area contributed by atoms with Crippen LogP contribution in [-0.4, -0.2) is 43.2 Å². The number of esters is 1. The Hall–Kier alpha value is -0.570. The molecule has 0 aromatic rings. The first kappa shape index (κ1) is 15.4. The maximum atomic E-state index is 11.6. The fourth-order valence-electron chi connectivity index (χ4n) is 2.48. The Morgan fingerprint density at radius 3 is 1.69 bits per heavy atom. The van der Waals surface area contributed by atoms with E-state index < -0.39 is 0 Å². The van der Waals surface area contributed by atoms with E-state index in [1.54, 1.807) is 0 Å². The van der Waals surface area contributed by atoms with Crippen molar-refractivity contribution in [3.63, 3.8) is 0 Å².